The van der Waals surface area contributed by atoms with E-state index >= 15 is 0 Å². The number of para-hydroxylation sites is 2. The first-order valence-electron chi connectivity index (χ1n) is 8.92. The smallest absolute Gasteiger partial charge is 0.335 e. The van der Waals surface area contributed by atoms with Crippen molar-refractivity contribution in [3.05, 3.63) is 59.7 Å². The Hall–Kier alpha value is -3.02. The van der Waals surface area contributed by atoms with E-state index in [1.165, 1.54) is 0 Å². The molecule has 0 aliphatic heterocycles. The van der Waals surface area contributed by atoms with Gasteiger partial charge in [0.05, 0.1) is 18.8 Å². The van der Waals surface area contributed by atoms with Crippen LogP contribution >= 0.6 is 0 Å². The Bertz CT molecular complexity index is 757. The largest absolute Gasteiger partial charge is 0.490 e. The average Bonchev–Trinajstić information content (AvgIpc) is 2.66. The van der Waals surface area contributed by atoms with Crippen LogP contribution in [0.25, 0.3) is 0 Å². The minimum Gasteiger partial charge on any atom is -0.490 e. The third kappa shape index (κ3) is 6.33. The summed E-state index contributed by atoms with van der Waals surface area (Å²) in [6.45, 7) is 3.35. The fraction of sp³-hybridized carbons (Fsp3) is 0.333. The Morgan fingerprint density at radius 1 is 1.00 bits per heavy atom. The lowest BCUT2D eigenvalue weighted by atomic mass is 10.1. The third-order valence-corrected chi connectivity index (χ3v) is 3.99. The van der Waals surface area contributed by atoms with Gasteiger partial charge in [0.2, 0.25) is 5.91 Å². The van der Waals surface area contributed by atoms with Crippen LogP contribution in [0.3, 0.4) is 0 Å². The number of carboxylic acids is 1. The van der Waals surface area contributed by atoms with E-state index in [4.69, 9.17) is 14.6 Å². The van der Waals surface area contributed by atoms with E-state index in [0.717, 1.165) is 5.56 Å². The molecule has 0 fully saturated rings. The molecule has 0 saturated heterocycles. The van der Waals surface area contributed by atoms with Crippen molar-refractivity contribution in [2.75, 3.05) is 20.3 Å². The van der Waals surface area contributed by atoms with Crippen LogP contribution in [-0.2, 0) is 11.3 Å². The van der Waals surface area contributed by atoms with Crippen molar-refractivity contribution in [1.82, 2.24) is 4.90 Å². The maximum absolute atomic E-state index is 12.3. The van der Waals surface area contributed by atoms with Crippen molar-refractivity contribution in [3.8, 4) is 11.5 Å². The maximum Gasteiger partial charge on any atom is 0.335 e. The van der Waals surface area contributed by atoms with E-state index in [0.29, 0.717) is 44.1 Å². The summed E-state index contributed by atoms with van der Waals surface area (Å²) in [7, 11) is 1.73. The summed E-state index contributed by atoms with van der Waals surface area (Å²) in [5, 5.41) is 8.91. The Morgan fingerprint density at radius 3 is 2.22 bits per heavy atom. The highest BCUT2D eigenvalue weighted by Gasteiger charge is 2.10. The van der Waals surface area contributed by atoms with Crippen molar-refractivity contribution in [2.45, 2.75) is 26.3 Å². The molecule has 2 aromatic carbocycles. The SMILES string of the molecule is CCOc1ccccc1OCCCC(=O)N(C)Cc1ccc(C(=O)O)cc1. The highest BCUT2D eigenvalue weighted by Crippen LogP contribution is 2.26. The third-order valence-electron chi connectivity index (χ3n) is 3.99. The molecule has 1 amide bonds. The molecule has 0 radical (unpaired) electrons. The number of amides is 1. The maximum atomic E-state index is 12.3. The molecule has 0 spiro atoms. The number of ether oxygens (including phenoxy) is 2. The highest BCUT2D eigenvalue weighted by molar-refractivity contribution is 5.87. The topological polar surface area (TPSA) is 76.1 Å². The Balaban J connectivity index is 1.76. The van der Waals surface area contributed by atoms with Crippen molar-refractivity contribution in [1.29, 1.82) is 0 Å². The van der Waals surface area contributed by atoms with Gasteiger partial charge in [0.1, 0.15) is 0 Å². The molecule has 0 atom stereocenters. The number of carbonyl (C=O) groups excluding carboxylic acids is 1. The molecule has 6 nitrogen and oxygen atoms in total. The van der Waals surface area contributed by atoms with Crippen LogP contribution in [0, 0.1) is 0 Å². The molecule has 0 bridgehead atoms. The van der Waals surface area contributed by atoms with E-state index in [9.17, 15) is 9.59 Å². The van der Waals surface area contributed by atoms with Crippen molar-refractivity contribution < 1.29 is 24.2 Å². The zero-order valence-corrected chi connectivity index (χ0v) is 15.7. The first kappa shape index (κ1) is 20.3. The molecule has 0 aliphatic carbocycles. The molecule has 0 heterocycles. The van der Waals surface area contributed by atoms with Gasteiger partial charge in [-0.2, -0.15) is 0 Å². The molecule has 2 aromatic rings. The normalized spacial score (nSPS) is 10.3. The Kier molecular flexibility index (Phi) is 7.67. The van der Waals surface area contributed by atoms with Gasteiger partial charge in [0.15, 0.2) is 11.5 Å². The average molecular weight is 371 g/mol. The zero-order valence-electron chi connectivity index (χ0n) is 15.7. The zero-order chi connectivity index (χ0) is 19.6. The molecule has 6 heteroatoms. The second-order valence-electron chi connectivity index (χ2n) is 6.08. The van der Waals surface area contributed by atoms with Crippen LogP contribution in [-0.4, -0.2) is 42.1 Å². The second-order valence-corrected chi connectivity index (χ2v) is 6.08. The van der Waals surface area contributed by atoms with Gasteiger partial charge in [-0.1, -0.05) is 24.3 Å². The van der Waals surface area contributed by atoms with Gasteiger partial charge in [0, 0.05) is 20.0 Å². The van der Waals surface area contributed by atoms with Gasteiger partial charge in [0.25, 0.3) is 0 Å². The monoisotopic (exact) mass is 371 g/mol. The first-order valence-corrected chi connectivity index (χ1v) is 8.92. The number of benzene rings is 2. The molecule has 27 heavy (non-hydrogen) atoms. The summed E-state index contributed by atoms with van der Waals surface area (Å²) in [6.07, 6.45) is 0.974. The van der Waals surface area contributed by atoms with Gasteiger partial charge < -0.3 is 19.5 Å². The molecule has 0 saturated carbocycles. The molecule has 144 valence electrons. The number of aromatic carboxylic acids is 1. The van der Waals surface area contributed by atoms with Crippen molar-refractivity contribution in [2.24, 2.45) is 0 Å². The summed E-state index contributed by atoms with van der Waals surface area (Å²) in [5.41, 5.74) is 1.12. The molecule has 2 rings (SSSR count). The van der Waals surface area contributed by atoms with E-state index in [-0.39, 0.29) is 11.5 Å². The van der Waals surface area contributed by atoms with Gasteiger partial charge in [-0.15, -0.1) is 0 Å². The molecule has 1 N–H and O–H groups in total. The van der Waals surface area contributed by atoms with Crippen LogP contribution < -0.4 is 9.47 Å². The van der Waals surface area contributed by atoms with Gasteiger partial charge in [-0.25, -0.2) is 4.79 Å². The van der Waals surface area contributed by atoms with E-state index in [2.05, 4.69) is 0 Å². The van der Waals surface area contributed by atoms with E-state index < -0.39 is 5.97 Å². The quantitative estimate of drug-likeness (QED) is 0.646. The van der Waals surface area contributed by atoms with Crippen LogP contribution in [0.4, 0.5) is 0 Å². The van der Waals surface area contributed by atoms with Crippen LogP contribution in [0.5, 0.6) is 11.5 Å². The summed E-state index contributed by atoms with van der Waals surface area (Å²) < 4.78 is 11.2. The van der Waals surface area contributed by atoms with Gasteiger partial charge in [-0.3, -0.25) is 4.79 Å². The van der Waals surface area contributed by atoms with Gasteiger partial charge in [-0.05, 0) is 43.2 Å². The standard InChI is InChI=1S/C21H25NO5/c1-3-26-18-7-4-5-8-19(18)27-14-6-9-20(23)22(2)15-16-10-12-17(13-11-16)21(24)25/h4-5,7-8,10-13H,3,6,9,14-15H2,1-2H3,(H,24,25). The van der Waals surface area contributed by atoms with Crippen LogP contribution in [0.2, 0.25) is 0 Å². The lowest BCUT2D eigenvalue weighted by molar-refractivity contribution is -0.130. The summed E-state index contributed by atoms with van der Waals surface area (Å²) in [5.74, 6) is 0.433. The minimum absolute atomic E-state index is 0.0130. The molecule has 0 unspecified atom stereocenters. The summed E-state index contributed by atoms with van der Waals surface area (Å²) >= 11 is 0. The number of carbonyl (C=O) groups is 2. The number of carboxylic acid groups (broad SMARTS) is 1. The van der Waals surface area contributed by atoms with E-state index in [1.54, 1.807) is 36.2 Å². The van der Waals surface area contributed by atoms with Crippen LogP contribution in [0.1, 0.15) is 35.7 Å². The number of hydrogen-bond donors (Lipinski definition) is 1. The van der Waals surface area contributed by atoms with Crippen molar-refractivity contribution >= 4 is 11.9 Å². The first-order chi connectivity index (χ1) is 13.0. The van der Waals surface area contributed by atoms with Gasteiger partial charge >= 0.3 is 5.97 Å². The lowest BCUT2D eigenvalue weighted by Crippen LogP contribution is -2.26. The fourth-order valence-electron chi connectivity index (χ4n) is 2.56. The lowest BCUT2D eigenvalue weighted by Gasteiger charge is -2.17. The highest BCUT2D eigenvalue weighted by atomic mass is 16.5. The summed E-state index contributed by atoms with van der Waals surface area (Å²) in [4.78, 5) is 24.7. The predicted octanol–water partition coefficient (Wildman–Crippen LogP) is 3.60. The Morgan fingerprint density at radius 2 is 1.63 bits per heavy atom. The van der Waals surface area contributed by atoms with Crippen molar-refractivity contribution in [3.63, 3.8) is 0 Å². The van der Waals surface area contributed by atoms with Crippen LogP contribution in [0.15, 0.2) is 48.5 Å². The Labute approximate surface area is 159 Å². The van der Waals surface area contributed by atoms with E-state index in [1.807, 2.05) is 31.2 Å². The number of rotatable bonds is 10. The summed E-state index contributed by atoms with van der Waals surface area (Å²) in [6, 6.07) is 14.0. The molecular formula is C21H25NO5. The molecule has 0 aliphatic rings. The number of hydrogen-bond acceptors (Lipinski definition) is 4. The molecular weight excluding hydrogens is 346 g/mol. The predicted molar refractivity (Wildman–Crippen MR) is 102 cm³/mol. The fourth-order valence-corrected chi connectivity index (χ4v) is 2.56. The second kappa shape index (κ2) is 10.2. The molecule has 0 aromatic heterocycles. The minimum atomic E-state index is -0.961. The number of nitrogens with zero attached hydrogens (tertiary/aromatic N) is 1.